The minimum atomic E-state index is -1.13. The summed E-state index contributed by atoms with van der Waals surface area (Å²) in [6, 6.07) is 7.23. The van der Waals surface area contributed by atoms with E-state index in [1.807, 2.05) is 26.0 Å². The first-order valence-corrected chi connectivity index (χ1v) is 13.0. The van der Waals surface area contributed by atoms with Crippen molar-refractivity contribution in [3.8, 4) is 11.3 Å². The molecule has 5 N–H and O–H groups in total. The fourth-order valence-corrected chi connectivity index (χ4v) is 5.24. The molecule has 0 bridgehead atoms. The van der Waals surface area contributed by atoms with Crippen molar-refractivity contribution in [2.45, 2.75) is 58.6 Å². The fraction of sp³-hybridized carbons (Fsp3) is 0.444. The molecule has 3 aromatic rings. The number of imidazole rings is 1. The van der Waals surface area contributed by atoms with Crippen LogP contribution in [-0.4, -0.2) is 38.6 Å². The summed E-state index contributed by atoms with van der Waals surface area (Å²) >= 11 is 6.35. The van der Waals surface area contributed by atoms with Crippen LogP contribution in [0.2, 0.25) is 5.02 Å². The second kappa shape index (κ2) is 11.1. The van der Waals surface area contributed by atoms with Crippen LogP contribution in [0, 0.1) is 17.2 Å². The van der Waals surface area contributed by atoms with Crippen LogP contribution < -0.4 is 11.5 Å². The van der Waals surface area contributed by atoms with Crippen molar-refractivity contribution in [1.29, 1.82) is 5.41 Å². The minimum absolute atomic E-state index is 0.132. The quantitative estimate of drug-likeness (QED) is 0.278. The van der Waals surface area contributed by atoms with Gasteiger partial charge in [0.05, 0.1) is 0 Å². The summed E-state index contributed by atoms with van der Waals surface area (Å²) in [7, 11) is 1.59. The van der Waals surface area contributed by atoms with E-state index < -0.39 is 17.6 Å². The summed E-state index contributed by atoms with van der Waals surface area (Å²) in [5, 5.41) is 8.74. The van der Waals surface area contributed by atoms with Gasteiger partial charge in [0.2, 0.25) is 5.82 Å². The van der Waals surface area contributed by atoms with Gasteiger partial charge in [-0.05, 0) is 50.7 Å². The molecule has 1 saturated carbocycles. The van der Waals surface area contributed by atoms with Crippen molar-refractivity contribution in [3.63, 3.8) is 0 Å². The summed E-state index contributed by atoms with van der Waals surface area (Å²) in [5.74, 6) is 0.979. The molecule has 2 heterocycles. The Morgan fingerprint density at radius 1 is 1.24 bits per heavy atom. The van der Waals surface area contributed by atoms with Crippen LogP contribution >= 0.6 is 11.6 Å². The maximum Gasteiger partial charge on any atom is 0.411 e. The number of aromatic nitrogens is 4. The van der Waals surface area contributed by atoms with Crippen molar-refractivity contribution in [1.82, 2.24) is 19.5 Å². The normalized spacial score (nSPS) is 19.8. The third kappa shape index (κ3) is 5.37. The minimum Gasteiger partial charge on any atom is -0.400 e. The lowest BCUT2D eigenvalue weighted by Crippen LogP contribution is -2.35. The van der Waals surface area contributed by atoms with Gasteiger partial charge in [0.1, 0.15) is 17.0 Å². The van der Waals surface area contributed by atoms with Gasteiger partial charge in [-0.1, -0.05) is 49.6 Å². The maximum atomic E-state index is 11.4. The Morgan fingerprint density at radius 2 is 1.95 bits per heavy atom. The van der Waals surface area contributed by atoms with E-state index in [1.165, 1.54) is 0 Å². The molecule has 0 spiro atoms. The van der Waals surface area contributed by atoms with Gasteiger partial charge >= 0.3 is 6.09 Å². The fourth-order valence-electron chi connectivity index (χ4n) is 5.05. The number of methoxy groups -OCH3 is 1. The molecule has 0 saturated heterocycles. The zero-order valence-corrected chi connectivity index (χ0v) is 22.9. The molecular formula is C27H34ClN7O3. The maximum absolute atomic E-state index is 11.4. The highest BCUT2D eigenvalue weighted by molar-refractivity contribution is 6.30. The topological polar surface area (TPSA) is 155 Å². The number of primary amides is 1. The average molecular weight is 540 g/mol. The number of carbonyl (C=O) groups excluding carboxylic acids is 1. The van der Waals surface area contributed by atoms with Crippen molar-refractivity contribution < 1.29 is 14.3 Å². The number of rotatable bonds is 7. The number of nitrogens with one attached hydrogen (secondary N) is 1. The summed E-state index contributed by atoms with van der Waals surface area (Å²) in [6.07, 6.45) is 5.16. The molecule has 1 aromatic carbocycles. The molecule has 0 radical (unpaired) electrons. The summed E-state index contributed by atoms with van der Waals surface area (Å²) in [4.78, 5) is 25.4. The highest BCUT2D eigenvalue weighted by atomic mass is 35.5. The zero-order chi connectivity index (χ0) is 27.6. The third-order valence-electron chi connectivity index (χ3n) is 7.38. The number of nitrogens with zero attached hydrogens (tertiary/aromatic N) is 4. The van der Waals surface area contributed by atoms with Crippen molar-refractivity contribution in [2.75, 3.05) is 7.11 Å². The summed E-state index contributed by atoms with van der Waals surface area (Å²) < 4.78 is 12.9. The van der Waals surface area contributed by atoms with Crippen molar-refractivity contribution in [2.24, 2.45) is 23.3 Å². The number of halogens is 1. The van der Waals surface area contributed by atoms with Crippen molar-refractivity contribution in [3.05, 3.63) is 52.7 Å². The molecule has 2 aromatic heterocycles. The van der Waals surface area contributed by atoms with E-state index in [0.29, 0.717) is 57.3 Å². The van der Waals surface area contributed by atoms with E-state index in [-0.39, 0.29) is 5.82 Å². The lowest BCUT2D eigenvalue weighted by molar-refractivity contribution is 0.0226. The predicted molar refractivity (Wildman–Crippen MR) is 147 cm³/mol. The molecule has 202 valence electrons. The van der Waals surface area contributed by atoms with Gasteiger partial charge in [0.25, 0.3) is 5.90 Å². The lowest BCUT2D eigenvalue weighted by Gasteiger charge is -2.31. The van der Waals surface area contributed by atoms with Crippen molar-refractivity contribution >= 4 is 34.8 Å². The smallest absolute Gasteiger partial charge is 0.400 e. The van der Waals surface area contributed by atoms with E-state index >= 15 is 0 Å². The van der Waals surface area contributed by atoms with Crippen LogP contribution in [0.3, 0.4) is 0 Å². The van der Waals surface area contributed by atoms with Crippen LogP contribution in [0.25, 0.3) is 22.4 Å². The van der Waals surface area contributed by atoms with Crippen LogP contribution in [0.1, 0.15) is 58.1 Å². The van der Waals surface area contributed by atoms with Gasteiger partial charge < -0.3 is 25.5 Å². The number of amides is 1. The number of ether oxygens (including phenoxy) is 2. The molecule has 1 unspecified atom stereocenters. The Balaban J connectivity index is 2.03. The average Bonchev–Trinajstić information content (AvgIpc) is 3.26. The molecule has 1 aliphatic carbocycles. The number of carbonyl (C=O) groups is 1. The number of hydrogen-bond donors (Lipinski definition) is 3. The van der Waals surface area contributed by atoms with E-state index in [0.717, 1.165) is 25.7 Å². The monoisotopic (exact) mass is 539 g/mol. The summed E-state index contributed by atoms with van der Waals surface area (Å²) in [5.41, 5.74) is 13.2. The zero-order valence-electron chi connectivity index (χ0n) is 22.1. The SMILES string of the molecule is C/C=C(\N)C(C)(OC)c1nc2nc(C(=N)OC(N)=O)nc(-c3cccc(Cl)c3)c2n1C[C@H]1CC[C@H](C)CC1. The first-order chi connectivity index (χ1) is 18.1. The van der Waals surface area contributed by atoms with Gasteiger partial charge in [-0.2, -0.15) is 0 Å². The van der Waals surface area contributed by atoms with Crippen LogP contribution in [0.15, 0.2) is 36.0 Å². The molecule has 1 amide bonds. The Hall–Kier alpha value is -3.50. The first kappa shape index (κ1) is 27.5. The highest BCUT2D eigenvalue weighted by Crippen LogP contribution is 2.38. The Bertz CT molecular complexity index is 1390. The number of benzene rings is 1. The highest BCUT2D eigenvalue weighted by Gasteiger charge is 2.37. The number of hydrogen-bond acceptors (Lipinski definition) is 8. The summed E-state index contributed by atoms with van der Waals surface area (Å²) in [6.45, 7) is 6.67. The van der Waals surface area contributed by atoms with Gasteiger partial charge in [0.15, 0.2) is 11.2 Å². The van der Waals surface area contributed by atoms with E-state index in [2.05, 4.69) is 21.5 Å². The lowest BCUT2D eigenvalue weighted by atomic mass is 9.83. The van der Waals surface area contributed by atoms with Crippen LogP contribution in [-0.2, 0) is 21.6 Å². The molecule has 1 fully saturated rings. The Kier molecular flexibility index (Phi) is 8.03. The third-order valence-corrected chi connectivity index (χ3v) is 7.61. The number of allylic oxidation sites excluding steroid dienone is 1. The molecule has 1 aliphatic rings. The van der Waals surface area contributed by atoms with E-state index in [9.17, 15) is 4.79 Å². The molecule has 11 heteroatoms. The number of nitrogens with two attached hydrogens (primary N) is 2. The molecule has 1 atom stereocenters. The molecule has 4 rings (SSSR count). The predicted octanol–water partition coefficient (Wildman–Crippen LogP) is 5.12. The van der Waals surface area contributed by atoms with Gasteiger partial charge in [-0.25, -0.2) is 19.7 Å². The number of fused-ring (bicyclic) bond motifs is 1. The van der Waals surface area contributed by atoms with Gasteiger partial charge in [0, 0.05) is 29.9 Å². The standard InChI is InChI=1S/C27H34ClN7O3/c1-5-19(29)27(3,37-4)25-34-23-21(35(25)14-16-11-9-15(2)10-12-16)20(17-7-6-8-18(28)13-17)32-24(33-23)22(30)38-26(31)36/h5-8,13,15-16,30H,9-12,14,29H2,1-4H3,(H2,31,36)/b19-5-,30-22?/t15-,16-,27?. The van der Waals surface area contributed by atoms with E-state index in [4.69, 9.17) is 42.9 Å². The molecule has 0 aliphatic heterocycles. The second-order valence-electron chi connectivity index (χ2n) is 9.98. The molecule has 10 nitrogen and oxygen atoms in total. The molecular weight excluding hydrogens is 506 g/mol. The first-order valence-electron chi connectivity index (χ1n) is 12.7. The van der Waals surface area contributed by atoms with Gasteiger partial charge in [-0.15, -0.1) is 0 Å². The largest absolute Gasteiger partial charge is 0.411 e. The van der Waals surface area contributed by atoms with Crippen LogP contribution in [0.5, 0.6) is 0 Å². The Labute approximate surface area is 226 Å². The van der Waals surface area contributed by atoms with E-state index in [1.54, 1.807) is 25.3 Å². The van der Waals surface area contributed by atoms with Crippen LogP contribution in [0.4, 0.5) is 4.79 Å². The van der Waals surface area contributed by atoms with Gasteiger partial charge in [-0.3, -0.25) is 5.41 Å². The second-order valence-corrected chi connectivity index (χ2v) is 10.4. The Morgan fingerprint density at radius 3 is 2.55 bits per heavy atom. The molecule has 38 heavy (non-hydrogen) atoms.